The van der Waals surface area contributed by atoms with Crippen molar-refractivity contribution in [3.05, 3.63) is 85.1 Å². The molecule has 0 saturated carbocycles. The number of hydrogen-bond acceptors (Lipinski definition) is 5. The summed E-state index contributed by atoms with van der Waals surface area (Å²) in [7, 11) is 1.53. The van der Waals surface area contributed by atoms with Crippen molar-refractivity contribution in [1.29, 1.82) is 0 Å². The van der Waals surface area contributed by atoms with Crippen molar-refractivity contribution in [2.75, 3.05) is 40.9 Å². The van der Waals surface area contributed by atoms with Crippen LogP contribution in [0.2, 0.25) is 0 Å². The molecule has 3 N–H and O–H groups in total. The Morgan fingerprint density at radius 3 is 1.69 bits per heavy atom. The predicted molar refractivity (Wildman–Crippen MR) is 230 cm³/mol. The third-order valence-corrected chi connectivity index (χ3v) is 9.56. The first-order valence-corrected chi connectivity index (χ1v) is 22.5. The molecule has 0 spiro atoms. The molecule has 0 aliphatic carbocycles. The van der Waals surface area contributed by atoms with Crippen LogP contribution in [0.15, 0.2) is 85.1 Å². The van der Waals surface area contributed by atoms with Crippen LogP contribution in [0.25, 0.3) is 0 Å². The summed E-state index contributed by atoms with van der Waals surface area (Å²) in [6.45, 7) is 4.53. The zero-order chi connectivity index (χ0) is 40.0. The lowest BCUT2D eigenvalue weighted by Crippen LogP contribution is -2.45. The number of rotatable bonds is 36. The molecule has 310 valence electrons. The van der Waals surface area contributed by atoms with Crippen LogP contribution in [0.5, 0.6) is 0 Å². The number of likely N-dealkylation sites (N-methyl/N-ethyl adjacent to an activating group) is 1. The molecule has 0 aliphatic rings. The Labute approximate surface area is 331 Å². The van der Waals surface area contributed by atoms with Crippen LogP contribution in [0, 0.1) is 0 Å². The van der Waals surface area contributed by atoms with Crippen LogP contribution in [-0.4, -0.2) is 73.4 Å². The molecule has 0 heterocycles. The van der Waals surface area contributed by atoms with Gasteiger partial charge in [-0.25, -0.2) is 4.57 Å². The lowest BCUT2D eigenvalue weighted by Gasteiger charge is -2.25. The van der Waals surface area contributed by atoms with Gasteiger partial charge in [-0.2, -0.15) is 0 Å². The van der Waals surface area contributed by atoms with Crippen molar-refractivity contribution >= 4 is 13.7 Å². The number of phosphoric acid groups is 1. The predicted octanol–water partition coefficient (Wildman–Crippen LogP) is 11.4. The fourth-order valence-electron chi connectivity index (χ4n) is 5.26. The van der Waals surface area contributed by atoms with E-state index in [4.69, 9.17) is 9.05 Å². The highest BCUT2D eigenvalue weighted by Crippen LogP contribution is 2.43. The van der Waals surface area contributed by atoms with Gasteiger partial charge < -0.3 is 19.8 Å². The molecule has 9 heteroatoms. The van der Waals surface area contributed by atoms with Crippen LogP contribution < -0.4 is 5.32 Å². The molecular weight excluding hydrogens is 695 g/mol. The number of allylic oxidation sites excluding steroid dienone is 13. The van der Waals surface area contributed by atoms with Gasteiger partial charge in [0.05, 0.1) is 39.9 Å². The molecule has 0 fully saturated rings. The Hall–Kier alpha value is -2.32. The molecule has 0 bridgehead atoms. The van der Waals surface area contributed by atoms with Crippen LogP contribution in [0.3, 0.4) is 0 Å². The second-order valence-corrected chi connectivity index (χ2v) is 16.4. The van der Waals surface area contributed by atoms with Crippen LogP contribution >= 0.6 is 7.82 Å². The first-order valence-electron chi connectivity index (χ1n) is 21.0. The monoisotopic (exact) mass is 776 g/mol. The van der Waals surface area contributed by atoms with Crippen molar-refractivity contribution in [3.8, 4) is 0 Å². The van der Waals surface area contributed by atoms with Gasteiger partial charge in [0, 0.05) is 6.42 Å². The average molecular weight is 776 g/mol. The van der Waals surface area contributed by atoms with Crippen molar-refractivity contribution in [2.45, 2.75) is 154 Å². The highest BCUT2D eigenvalue weighted by Gasteiger charge is 2.27. The molecule has 0 aliphatic heterocycles. The summed E-state index contributed by atoms with van der Waals surface area (Å²) in [5, 5.41) is 13.6. The topological polar surface area (TPSA) is 105 Å². The smallest absolute Gasteiger partial charge is 0.387 e. The fraction of sp³-hybridized carbons (Fsp3) is 0.667. The van der Waals surface area contributed by atoms with Gasteiger partial charge in [0.25, 0.3) is 0 Å². The number of carbonyl (C=O) groups excluding carboxylic acids is 1. The van der Waals surface area contributed by atoms with Gasteiger partial charge in [-0.15, -0.1) is 0 Å². The van der Waals surface area contributed by atoms with Gasteiger partial charge in [-0.3, -0.25) is 13.8 Å². The number of aliphatic hydroxyl groups excluding tert-OH is 1. The number of amides is 1. The van der Waals surface area contributed by atoms with E-state index in [0.29, 0.717) is 17.4 Å². The third kappa shape index (κ3) is 38.0. The maximum absolute atomic E-state index is 12.8. The molecule has 0 aromatic carbocycles. The van der Waals surface area contributed by atoms with E-state index in [1.807, 2.05) is 27.2 Å². The van der Waals surface area contributed by atoms with E-state index in [1.54, 1.807) is 6.08 Å². The van der Waals surface area contributed by atoms with Gasteiger partial charge in [-0.1, -0.05) is 150 Å². The van der Waals surface area contributed by atoms with Gasteiger partial charge in [0.15, 0.2) is 0 Å². The van der Waals surface area contributed by atoms with Gasteiger partial charge in [0.2, 0.25) is 5.91 Å². The van der Waals surface area contributed by atoms with Crippen molar-refractivity contribution in [1.82, 2.24) is 5.32 Å². The minimum atomic E-state index is -4.34. The largest absolute Gasteiger partial charge is 0.472 e. The second kappa shape index (κ2) is 36.3. The van der Waals surface area contributed by atoms with Crippen LogP contribution in [0.4, 0.5) is 0 Å². The summed E-state index contributed by atoms with van der Waals surface area (Å²) in [5.74, 6) is -0.204. The van der Waals surface area contributed by atoms with Crippen molar-refractivity contribution < 1.29 is 32.9 Å². The first-order chi connectivity index (χ1) is 26.0. The minimum Gasteiger partial charge on any atom is -0.387 e. The zero-order valence-corrected chi connectivity index (χ0v) is 35.8. The van der Waals surface area contributed by atoms with E-state index in [2.05, 4.69) is 92.1 Å². The number of nitrogens with one attached hydrogen (secondary N) is 1. The zero-order valence-electron chi connectivity index (χ0n) is 34.9. The minimum absolute atomic E-state index is 0.0497. The Bertz CT molecular complexity index is 1150. The normalized spacial score (nSPS) is 15.3. The highest BCUT2D eigenvalue weighted by molar-refractivity contribution is 7.47. The Morgan fingerprint density at radius 2 is 1.13 bits per heavy atom. The third-order valence-electron chi connectivity index (χ3n) is 8.58. The van der Waals surface area contributed by atoms with E-state index in [0.717, 1.165) is 83.5 Å². The summed E-state index contributed by atoms with van der Waals surface area (Å²) < 4.78 is 23.4. The molecule has 0 aromatic rings. The molecular formula is C45H80N2O6P+. The number of nitrogens with zero attached hydrogens (tertiary/aromatic N) is 1. The maximum Gasteiger partial charge on any atom is 0.472 e. The van der Waals surface area contributed by atoms with Crippen LogP contribution in [0.1, 0.15) is 142 Å². The van der Waals surface area contributed by atoms with E-state index in [9.17, 15) is 19.4 Å². The molecule has 0 aromatic heterocycles. The molecule has 54 heavy (non-hydrogen) atoms. The van der Waals surface area contributed by atoms with E-state index in [-0.39, 0.29) is 19.1 Å². The summed E-state index contributed by atoms with van der Waals surface area (Å²) in [6, 6.07) is -0.868. The summed E-state index contributed by atoms with van der Waals surface area (Å²) in [5.41, 5.74) is 0. The molecule has 0 rings (SSSR count). The number of unbranched alkanes of at least 4 members (excludes halogenated alkanes) is 11. The van der Waals surface area contributed by atoms with E-state index in [1.165, 1.54) is 38.5 Å². The molecule has 1 amide bonds. The Kier molecular flexibility index (Phi) is 34.8. The van der Waals surface area contributed by atoms with Gasteiger partial charge in [0.1, 0.15) is 13.2 Å². The number of quaternary nitrogens is 1. The fourth-order valence-corrected chi connectivity index (χ4v) is 6.00. The molecule has 3 unspecified atom stereocenters. The lowest BCUT2D eigenvalue weighted by molar-refractivity contribution is -0.870. The number of phosphoric ester groups is 1. The quantitative estimate of drug-likeness (QED) is 0.0253. The molecule has 3 atom stereocenters. The van der Waals surface area contributed by atoms with Crippen molar-refractivity contribution in [3.63, 3.8) is 0 Å². The van der Waals surface area contributed by atoms with Gasteiger partial charge in [-0.05, 0) is 70.6 Å². The van der Waals surface area contributed by atoms with Crippen molar-refractivity contribution in [2.24, 2.45) is 0 Å². The summed E-state index contributed by atoms with van der Waals surface area (Å²) in [4.78, 5) is 23.0. The SMILES string of the molecule is CC/C=C\C/C=C\C/C=C\C/C=C\C/C=C\CCCCCCCCCCCC(=O)NC(COP(=O)(O)OCC[N+](C)(C)C)C(O)/C=C/CC/C=C/CCC. The van der Waals surface area contributed by atoms with Gasteiger partial charge >= 0.3 is 7.82 Å². The number of hydrogen-bond donors (Lipinski definition) is 3. The maximum atomic E-state index is 12.8. The highest BCUT2D eigenvalue weighted by atomic mass is 31.2. The molecule has 0 radical (unpaired) electrons. The Morgan fingerprint density at radius 1 is 0.648 bits per heavy atom. The Balaban J connectivity index is 4.22. The first kappa shape index (κ1) is 51.7. The van der Waals surface area contributed by atoms with E-state index >= 15 is 0 Å². The molecule has 8 nitrogen and oxygen atoms in total. The van der Waals surface area contributed by atoms with Crippen LogP contribution in [-0.2, 0) is 18.4 Å². The number of carbonyl (C=O) groups is 1. The summed E-state index contributed by atoms with van der Waals surface area (Å²) >= 11 is 0. The molecule has 0 saturated heterocycles. The van der Waals surface area contributed by atoms with E-state index < -0.39 is 20.0 Å². The lowest BCUT2D eigenvalue weighted by atomic mass is 10.1. The number of aliphatic hydroxyl groups is 1. The average Bonchev–Trinajstić information content (AvgIpc) is 3.12. The standard InChI is InChI=1S/C45H79N2O6P/c1-6-8-10-12-14-15-16-17-18-19-20-21-22-23-24-25-26-27-28-29-30-31-33-35-37-39-45(49)46-43(44(48)38-36-34-32-13-11-9-7-2)42-53-54(50,51)52-41-40-47(3,4)5/h8,10-11,13-15,17-18,20-21,23-24,36,38,43-44,48H,6-7,9,12,16,19,22,25-35,37,39-42H2,1-5H3,(H-,46,49,50,51)/p+1/b10-8-,13-11+,15-14-,18-17-,21-20-,24-23-,38-36+. The summed E-state index contributed by atoms with van der Waals surface area (Å²) in [6.07, 6.45) is 49.7. The second-order valence-electron chi connectivity index (χ2n) is 15.0.